The monoisotopic (exact) mass is 255 g/mol. The first kappa shape index (κ1) is 11.9. The molecule has 19 heavy (non-hydrogen) atoms. The number of rotatable bonds is 4. The first-order valence-corrected chi connectivity index (χ1v) is 6.44. The molecular formula is C14H17N5. The fourth-order valence-corrected chi connectivity index (χ4v) is 2.02. The van der Waals surface area contributed by atoms with Crippen LogP contribution in [-0.4, -0.2) is 16.0 Å². The highest BCUT2D eigenvalue weighted by Gasteiger charge is 2.32. The number of nitrogens with zero attached hydrogens (tertiary/aromatic N) is 2. The Balaban J connectivity index is 1.93. The normalized spacial score (nSPS) is 20.9. The molecule has 2 aromatic rings. The molecule has 0 amide bonds. The van der Waals surface area contributed by atoms with Gasteiger partial charge in [0.2, 0.25) is 0 Å². The van der Waals surface area contributed by atoms with Gasteiger partial charge in [-0.25, -0.2) is 15.8 Å². The van der Waals surface area contributed by atoms with Crippen molar-refractivity contribution in [2.45, 2.75) is 19.4 Å². The number of anilines is 2. The summed E-state index contributed by atoms with van der Waals surface area (Å²) < 4.78 is 0. The van der Waals surface area contributed by atoms with E-state index in [9.17, 15) is 0 Å². The quantitative estimate of drug-likeness (QED) is 0.577. The standard InChI is InChI=1S/C14H17N5/c1-9-7-11(9)16-12-8-13(19-15)18-14(17-12)10-5-3-2-4-6-10/h2-6,8-9,11H,7,15H2,1H3,(H2,16,17,18,19). The molecule has 1 heterocycles. The molecule has 98 valence electrons. The Hall–Kier alpha value is -2.14. The van der Waals surface area contributed by atoms with Gasteiger partial charge in [-0.1, -0.05) is 37.3 Å². The third kappa shape index (κ3) is 2.66. The zero-order chi connectivity index (χ0) is 13.2. The second kappa shape index (κ2) is 4.85. The van der Waals surface area contributed by atoms with Crippen LogP contribution in [0.25, 0.3) is 11.4 Å². The van der Waals surface area contributed by atoms with Gasteiger partial charge >= 0.3 is 0 Å². The maximum absolute atomic E-state index is 5.47. The Morgan fingerprint density at radius 2 is 1.84 bits per heavy atom. The average molecular weight is 255 g/mol. The number of hydrazine groups is 1. The van der Waals surface area contributed by atoms with E-state index < -0.39 is 0 Å². The number of nitrogens with one attached hydrogen (secondary N) is 2. The van der Waals surface area contributed by atoms with Crippen LogP contribution in [0, 0.1) is 5.92 Å². The molecule has 5 heteroatoms. The Morgan fingerprint density at radius 1 is 1.16 bits per heavy atom. The predicted octanol–water partition coefficient (Wildman–Crippen LogP) is 2.25. The first-order chi connectivity index (χ1) is 9.26. The number of hydrogen-bond donors (Lipinski definition) is 3. The molecule has 1 fully saturated rings. The van der Waals surface area contributed by atoms with Crippen LogP contribution in [0.2, 0.25) is 0 Å². The molecular weight excluding hydrogens is 238 g/mol. The Bertz CT molecular complexity index is 569. The van der Waals surface area contributed by atoms with E-state index in [1.54, 1.807) is 0 Å². The summed E-state index contributed by atoms with van der Waals surface area (Å²) in [6, 6.07) is 12.2. The van der Waals surface area contributed by atoms with E-state index in [0.717, 1.165) is 11.4 Å². The second-order valence-corrected chi connectivity index (χ2v) is 4.94. The van der Waals surface area contributed by atoms with Crippen LogP contribution in [-0.2, 0) is 0 Å². The van der Waals surface area contributed by atoms with Crippen LogP contribution in [0.15, 0.2) is 36.4 Å². The number of hydrogen-bond acceptors (Lipinski definition) is 5. The van der Waals surface area contributed by atoms with Gasteiger partial charge in [-0.3, -0.25) is 0 Å². The highest BCUT2D eigenvalue weighted by atomic mass is 15.3. The lowest BCUT2D eigenvalue weighted by Gasteiger charge is -2.09. The molecule has 0 saturated heterocycles. The van der Waals surface area contributed by atoms with Crippen molar-refractivity contribution in [3.63, 3.8) is 0 Å². The van der Waals surface area contributed by atoms with Gasteiger partial charge in [0.15, 0.2) is 5.82 Å². The van der Waals surface area contributed by atoms with E-state index in [1.807, 2.05) is 36.4 Å². The second-order valence-electron chi connectivity index (χ2n) is 4.94. The molecule has 4 N–H and O–H groups in total. The SMILES string of the molecule is CC1CC1Nc1cc(NN)nc(-c2ccccc2)n1. The van der Waals surface area contributed by atoms with Crippen LogP contribution >= 0.6 is 0 Å². The van der Waals surface area contributed by atoms with Gasteiger partial charge in [0.05, 0.1) is 0 Å². The van der Waals surface area contributed by atoms with E-state index in [-0.39, 0.29) is 0 Å². The van der Waals surface area contributed by atoms with Gasteiger partial charge in [-0.05, 0) is 12.3 Å². The fourth-order valence-electron chi connectivity index (χ4n) is 2.02. The van der Waals surface area contributed by atoms with Gasteiger partial charge in [0.25, 0.3) is 0 Å². The van der Waals surface area contributed by atoms with Gasteiger partial charge in [-0.2, -0.15) is 0 Å². The van der Waals surface area contributed by atoms with Crippen LogP contribution in [0.4, 0.5) is 11.6 Å². The maximum Gasteiger partial charge on any atom is 0.163 e. The summed E-state index contributed by atoms with van der Waals surface area (Å²) in [5, 5.41) is 3.40. The van der Waals surface area contributed by atoms with Crippen LogP contribution in [0.3, 0.4) is 0 Å². The molecule has 0 aliphatic heterocycles. The molecule has 2 unspecified atom stereocenters. The number of nitrogens with two attached hydrogens (primary N) is 1. The molecule has 2 atom stereocenters. The Morgan fingerprint density at radius 3 is 2.47 bits per heavy atom. The van der Waals surface area contributed by atoms with E-state index in [2.05, 4.69) is 27.6 Å². The number of nitrogen functional groups attached to an aromatic ring is 1. The van der Waals surface area contributed by atoms with Gasteiger partial charge < -0.3 is 10.7 Å². The summed E-state index contributed by atoms with van der Waals surface area (Å²) >= 11 is 0. The third-order valence-electron chi connectivity index (χ3n) is 3.35. The summed E-state index contributed by atoms with van der Waals surface area (Å²) in [6.07, 6.45) is 1.19. The van der Waals surface area contributed by atoms with Crippen molar-refractivity contribution in [2.24, 2.45) is 11.8 Å². The largest absolute Gasteiger partial charge is 0.367 e. The lowest BCUT2D eigenvalue weighted by molar-refractivity contribution is 0.922. The van der Waals surface area contributed by atoms with Crippen LogP contribution in [0.1, 0.15) is 13.3 Å². The molecule has 0 spiro atoms. The molecule has 3 rings (SSSR count). The Labute approximate surface area is 112 Å². The smallest absolute Gasteiger partial charge is 0.163 e. The van der Waals surface area contributed by atoms with E-state index in [1.165, 1.54) is 6.42 Å². The van der Waals surface area contributed by atoms with Crippen molar-refractivity contribution in [2.75, 3.05) is 10.7 Å². The molecule has 5 nitrogen and oxygen atoms in total. The zero-order valence-corrected chi connectivity index (χ0v) is 10.8. The molecule has 0 radical (unpaired) electrons. The van der Waals surface area contributed by atoms with Crippen molar-refractivity contribution in [3.8, 4) is 11.4 Å². The zero-order valence-electron chi connectivity index (χ0n) is 10.8. The van der Waals surface area contributed by atoms with Crippen molar-refractivity contribution >= 4 is 11.6 Å². The van der Waals surface area contributed by atoms with Gasteiger partial charge in [-0.15, -0.1) is 0 Å². The minimum Gasteiger partial charge on any atom is -0.367 e. The molecule has 1 saturated carbocycles. The third-order valence-corrected chi connectivity index (χ3v) is 3.35. The lowest BCUT2D eigenvalue weighted by atomic mass is 10.2. The van der Waals surface area contributed by atoms with Crippen LogP contribution < -0.4 is 16.6 Å². The average Bonchev–Trinajstić information content (AvgIpc) is 3.14. The summed E-state index contributed by atoms with van der Waals surface area (Å²) in [6.45, 7) is 2.22. The van der Waals surface area contributed by atoms with Crippen molar-refractivity contribution in [3.05, 3.63) is 36.4 Å². The maximum atomic E-state index is 5.47. The van der Waals surface area contributed by atoms with Crippen LogP contribution in [0.5, 0.6) is 0 Å². The predicted molar refractivity (Wildman–Crippen MR) is 76.5 cm³/mol. The summed E-state index contributed by atoms with van der Waals surface area (Å²) in [5.41, 5.74) is 3.57. The molecule has 1 aromatic carbocycles. The molecule has 0 bridgehead atoms. The number of aromatic nitrogens is 2. The van der Waals surface area contributed by atoms with Gasteiger partial charge in [0.1, 0.15) is 11.6 Å². The van der Waals surface area contributed by atoms with E-state index >= 15 is 0 Å². The van der Waals surface area contributed by atoms with Crippen molar-refractivity contribution in [1.29, 1.82) is 0 Å². The van der Waals surface area contributed by atoms with E-state index in [4.69, 9.17) is 5.84 Å². The highest BCUT2D eigenvalue weighted by Crippen LogP contribution is 2.32. The highest BCUT2D eigenvalue weighted by molar-refractivity contribution is 5.61. The first-order valence-electron chi connectivity index (χ1n) is 6.44. The molecule has 1 aromatic heterocycles. The van der Waals surface area contributed by atoms with Crippen molar-refractivity contribution < 1.29 is 0 Å². The number of benzene rings is 1. The fraction of sp³-hybridized carbons (Fsp3) is 0.286. The lowest BCUT2D eigenvalue weighted by Crippen LogP contribution is -2.12. The van der Waals surface area contributed by atoms with Gasteiger partial charge in [0, 0.05) is 17.7 Å². The molecule has 1 aliphatic rings. The minimum atomic E-state index is 0.518. The Kier molecular flexibility index (Phi) is 3.05. The molecule has 1 aliphatic carbocycles. The topological polar surface area (TPSA) is 75.9 Å². The summed E-state index contributed by atoms with van der Waals surface area (Å²) in [4.78, 5) is 8.93. The van der Waals surface area contributed by atoms with Crippen molar-refractivity contribution in [1.82, 2.24) is 9.97 Å². The summed E-state index contributed by atoms with van der Waals surface area (Å²) in [7, 11) is 0. The van der Waals surface area contributed by atoms with E-state index in [0.29, 0.717) is 23.6 Å². The minimum absolute atomic E-state index is 0.518. The summed E-state index contributed by atoms with van der Waals surface area (Å²) in [5.74, 6) is 8.29.